The molecule has 0 bridgehead atoms. The van der Waals surface area contributed by atoms with E-state index < -0.39 is 0 Å². The van der Waals surface area contributed by atoms with Crippen LogP contribution in [0.3, 0.4) is 0 Å². The monoisotopic (exact) mass is 157 g/mol. The van der Waals surface area contributed by atoms with Gasteiger partial charge in [0.2, 0.25) is 0 Å². The van der Waals surface area contributed by atoms with Crippen LogP contribution in [0.1, 0.15) is 46.5 Å². The lowest BCUT2D eigenvalue weighted by Crippen LogP contribution is -1.97. The highest BCUT2D eigenvalue weighted by atomic mass is 16.6. The Morgan fingerprint density at radius 2 is 1.91 bits per heavy atom. The first kappa shape index (κ1) is 10.5. The van der Waals surface area contributed by atoms with Gasteiger partial charge in [-0.25, -0.2) is 0 Å². The first-order chi connectivity index (χ1) is 5.35. The Morgan fingerprint density at radius 3 is 2.36 bits per heavy atom. The Balaban J connectivity index is 3.52. The van der Waals surface area contributed by atoms with Crippen molar-refractivity contribution in [1.29, 1.82) is 0 Å². The fraction of sp³-hybridized carbons (Fsp3) is 0.889. The molecule has 0 unspecified atom stereocenters. The van der Waals surface area contributed by atoms with Crippen LogP contribution in [0, 0.1) is 0 Å². The summed E-state index contributed by atoms with van der Waals surface area (Å²) in [5.41, 5.74) is 1.18. The fourth-order valence-electron chi connectivity index (χ4n) is 0.804. The third kappa shape index (κ3) is 5.89. The maximum Gasteiger partial charge on any atom is 0.116 e. The van der Waals surface area contributed by atoms with Crippen molar-refractivity contribution in [2.45, 2.75) is 46.5 Å². The van der Waals surface area contributed by atoms with E-state index in [-0.39, 0.29) is 0 Å². The Kier molecular flexibility index (Phi) is 7.21. The average Bonchev–Trinajstić information content (AvgIpc) is 2.03. The van der Waals surface area contributed by atoms with E-state index in [0.717, 1.165) is 32.3 Å². The molecule has 2 nitrogen and oxygen atoms in total. The SMILES string of the molecule is CCCO/N=C(\CC)CCC. The summed E-state index contributed by atoms with van der Waals surface area (Å²) in [5.74, 6) is 0. The lowest BCUT2D eigenvalue weighted by molar-refractivity contribution is 0.144. The van der Waals surface area contributed by atoms with Crippen LogP contribution in [-0.4, -0.2) is 12.3 Å². The molecule has 0 rings (SSSR count). The average molecular weight is 157 g/mol. The molecule has 0 heterocycles. The summed E-state index contributed by atoms with van der Waals surface area (Å²) in [6, 6.07) is 0. The Hall–Kier alpha value is -0.530. The Labute approximate surface area is 69.6 Å². The van der Waals surface area contributed by atoms with E-state index in [2.05, 4.69) is 25.9 Å². The molecular weight excluding hydrogens is 138 g/mol. The van der Waals surface area contributed by atoms with Crippen molar-refractivity contribution in [1.82, 2.24) is 0 Å². The normalized spacial score (nSPS) is 11.7. The lowest BCUT2D eigenvalue weighted by atomic mass is 10.2. The van der Waals surface area contributed by atoms with E-state index >= 15 is 0 Å². The largest absolute Gasteiger partial charge is 0.396 e. The van der Waals surface area contributed by atoms with E-state index in [0.29, 0.717) is 0 Å². The molecule has 0 aromatic rings. The summed E-state index contributed by atoms with van der Waals surface area (Å²) >= 11 is 0. The van der Waals surface area contributed by atoms with Crippen molar-refractivity contribution >= 4 is 5.71 Å². The van der Waals surface area contributed by atoms with Gasteiger partial charge in [0.25, 0.3) is 0 Å². The van der Waals surface area contributed by atoms with Gasteiger partial charge in [0.15, 0.2) is 0 Å². The van der Waals surface area contributed by atoms with Gasteiger partial charge in [-0.3, -0.25) is 0 Å². The van der Waals surface area contributed by atoms with E-state index in [1.165, 1.54) is 5.71 Å². The van der Waals surface area contributed by atoms with Crippen LogP contribution < -0.4 is 0 Å². The number of nitrogens with zero attached hydrogens (tertiary/aromatic N) is 1. The molecule has 0 atom stereocenters. The standard InChI is InChI=1S/C9H19NO/c1-4-7-9(6-3)10-11-8-5-2/h4-8H2,1-3H3/b10-9+. The minimum Gasteiger partial charge on any atom is -0.396 e. The van der Waals surface area contributed by atoms with Crippen molar-refractivity contribution in [3.05, 3.63) is 0 Å². The van der Waals surface area contributed by atoms with Crippen LogP contribution in [0.5, 0.6) is 0 Å². The van der Waals surface area contributed by atoms with Crippen LogP contribution in [0.2, 0.25) is 0 Å². The van der Waals surface area contributed by atoms with Gasteiger partial charge in [-0.1, -0.05) is 32.3 Å². The van der Waals surface area contributed by atoms with Crippen LogP contribution in [0.4, 0.5) is 0 Å². The molecule has 11 heavy (non-hydrogen) atoms. The third-order valence-corrected chi connectivity index (χ3v) is 1.44. The topological polar surface area (TPSA) is 21.6 Å². The van der Waals surface area contributed by atoms with E-state index in [1.807, 2.05) is 0 Å². The lowest BCUT2D eigenvalue weighted by Gasteiger charge is -2.00. The molecule has 2 heteroatoms. The molecule has 0 aromatic carbocycles. The van der Waals surface area contributed by atoms with Crippen molar-refractivity contribution in [2.24, 2.45) is 5.16 Å². The van der Waals surface area contributed by atoms with E-state index in [1.54, 1.807) is 0 Å². The molecule has 66 valence electrons. The molecule has 0 aromatic heterocycles. The molecule has 0 aliphatic heterocycles. The predicted octanol–water partition coefficient (Wildman–Crippen LogP) is 2.98. The maximum absolute atomic E-state index is 5.08. The highest BCUT2D eigenvalue weighted by molar-refractivity contribution is 5.83. The Bertz CT molecular complexity index is 110. The molecular formula is C9H19NO. The summed E-state index contributed by atoms with van der Waals surface area (Å²) in [4.78, 5) is 5.08. The van der Waals surface area contributed by atoms with Crippen molar-refractivity contribution in [3.63, 3.8) is 0 Å². The summed E-state index contributed by atoms with van der Waals surface area (Å²) in [7, 11) is 0. The van der Waals surface area contributed by atoms with Crippen molar-refractivity contribution in [3.8, 4) is 0 Å². The molecule has 0 fully saturated rings. The van der Waals surface area contributed by atoms with Crippen molar-refractivity contribution < 1.29 is 4.84 Å². The molecule has 0 radical (unpaired) electrons. The molecule has 0 aliphatic rings. The van der Waals surface area contributed by atoms with E-state index in [4.69, 9.17) is 4.84 Å². The maximum atomic E-state index is 5.08. The van der Waals surface area contributed by atoms with Crippen LogP contribution in [0.25, 0.3) is 0 Å². The summed E-state index contributed by atoms with van der Waals surface area (Å²) in [6.45, 7) is 7.10. The van der Waals surface area contributed by atoms with Gasteiger partial charge in [0, 0.05) is 0 Å². The highest BCUT2D eigenvalue weighted by Crippen LogP contribution is 1.97. The number of oxime groups is 1. The fourth-order valence-corrected chi connectivity index (χ4v) is 0.804. The first-order valence-electron chi connectivity index (χ1n) is 4.52. The quantitative estimate of drug-likeness (QED) is 0.330. The minimum atomic E-state index is 0.743. The van der Waals surface area contributed by atoms with Crippen LogP contribution in [-0.2, 0) is 4.84 Å². The van der Waals surface area contributed by atoms with Gasteiger partial charge >= 0.3 is 0 Å². The zero-order chi connectivity index (χ0) is 8.53. The molecule has 0 saturated carbocycles. The zero-order valence-corrected chi connectivity index (χ0v) is 7.89. The highest BCUT2D eigenvalue weighted by Gasteiger charge is 1.93. The van der Waals surface area contributed by atoms with E-state index in [9.17, 15) is 0 Å². The van der Waals surface area contributed by atoms with Gasteiger partial charge in [-0.15, -0.1) is 0 Å². The second-order valence-electron chi connectivity index (χ2n) is 2.59. The van der Waals surface area contributed by atoms with Gasteiger partial charge in [-0.05, 0) is 19.3 Å². The predicted molar refractivity (Wildman–Crippen MR) is 48.9 cm³/mol. The van der Waals surface area contributed by atoms with Gasteiger partial charge in [0.1, 0.15) is 6.61 Å². The zero-order valence-electron chi connectivity index (χ0n) is 7.89. The third-order valence-electron chi connectivity index (χ3n) is 1.44. The molecule has 0 saturated heterocycles. The van der Waals surface area contributed by atoms with Gasteiger partial charge in [0.05, 0.1) is 5.71 Å². The first-order valence-corrected chi connectivity index (χ1v) is 4.52. The summed E-state index contributed by atoms with van der Waals surface area (Å²) in [6.07, 6.45) is 4.27. The van der Waals surface area contributed by atoms with Crippen LogP contribution in [0.15, 0.2) is 5.16 Å². The number of rotatable bonds is 6. The summed E-state index contributed by atoms with van der Waals surface area (Å²) in [5, 5.41) is 4.04. The Morgan fingerprint density at radius 1 is 1.18 bits per heavy atom. The second-order valence-corrected chi connectivity index (χ2v) is 2.59. The summed E-state index contributed by atoms with van der Waals surface area (Å²) < 4.78 is 0. The number of hydrogen-bond donors (Lipinski definition) is 0. The molecule has 0 N–H and O–H groups in total. The van der Waals surface area contributed by atoms with Gasteiger partial charge in [-0.2, -0.15) is 0 Å². The molecule has 0 aliphatic carbocycles. The van der Waals surface area contributed by atoms with Crippen LogP contribution >= 0.6 is 0 Å². The minimum absolute atomic E-state index is 0.743. The number of hydrogen-bond acceptors (Lipinski definition) is 2. The molecule has 0 spiro atoms. The van der Waals surface area contributed by atoms with Crippen molar-refractivity contribution in [2.75, 3.05) is 6.61 Å². The van der Waals surface area contributed by atoms with Gasteiger partial charge < -0.3 is 4.84 Å². The second kappa shape index (κ2) is 7.58. The smallest absolute Gasteiger partial charge is 0.116 e. The molecule has 0 amide bonds.